The third-order valence-corrected chi connectivity index (χ3v) is 8.34. The maximum Gasteiger partial charge on any atom is 0.347 e. The SMILES string of the molecule is CNC(=O)c1cc(Cl)c(OC(C)(C)C(=O)O)cc1OC[C@H](O)CN1CCC2(CC1)Cc1cc(Cl)cc(C(C)(C)C)c1O2. The molecule has 2 aliphatic rings. The number of carboxylic acids is 1. The second kappa shape index (κ2) is 12.1. The first-order chi connectivity index (χ1) is 19.5. The van der Waals surface area contributed by atoms with Crippen molar-refractivity contribution < 1.29 is 34.0 Å². The molecule has 0 saturated carbocycles. The predicted octanol–water partition coefficient (Wildman–Crippen LogP) is 5.10. The molecule has 0 radical (unpaired) electrons. The Bertz CT molecular complexity index is 1350. The van der Waals surface area contributed by atoms with Crippen molar-refractivity contribution in [2.24, 2.45) is 0 Å². The number of hydrogen-bond acceptors (Lipinski definition) is 7. The lowest BCUT2D eigenvalue weighted by Gasteiger charge is -2.39. The lowest BCUT2D eigenvalue weighted by Crippen LogP contribution is -2.49. The number of halogens is 2. The highest BCUT2D eigenvalue weighted by Crippen LogP contribution is 2.47. The number of hydrogen-bond donors (Lipinski definition) is 3. The van der Waals surface area contributed by atoms with Crippen LogP contribution in [0.3, 0.4) is 0 Å². The second-order valence-corrected chi connectivity index (χ2v) is 13.5. The molecule has 1 spiro atoms. The Morgan fingerprint density at radius 1 is 1.10 bits per heavy atom. The van der Waals surface area contributed by atoms with Crippen molar-refractivity contribution in [3.05, 3.63) is 51.0 Å². The van der Waals surface area contributed by atoms with Crippen molar-refractivity contribution in [3.63, 3.8) is 0 Å². The van der Waals surface area contributed by atoms with E-state index < -0.39 is 23.6 Å². The number of aliphatic hydroxyl groups excluding tert-OH is 1. The molecule has 4 rings (SSSR count). The zero-order chi connectivity index (χ0) is 31.0. The molecule has 0 aliphatic carbocycles. The van der Waals surface area contributed by atoms with E-state index in [1.807, 2.05) is 12.1 Å². The summed E-state index contributed by atoms with van der Waals surface area (Å²) in [5, 5.41) is 23.6. The molecule has 1 fully saturated rings. The summed E-state index contributed by atoms with van der Waals surface area (Å²) in [4.78, 5) is 26.2. The average Bonchev–Trinajstić information content (AvgIpc) is 3.25. The molecule has 2 heterocycles. The van der Waals surface area contributed by atoms with E-state index in [2.05, 4.69) is 31.0 Å². The number of ether oxygens (including phenoxy) is 3. The second-order valence-electron chi connectivity index (χ2n) is 12.7. The first-order valence-corrected chi connectivity index (χ1v) is 14.8. The van der Waals surface area contributed by atoms with Gasteiger partial charge >= 0.3 is 5.97 Å². The number of amides is 1. The normalized spacial score (nSPS) is 17.4. The smallest absolute Gasteiger partial charge is 0.347 e. The number of aliphatic carboxylic acids is 1. The number of carbonyl (C=O) groups is 2. The predicted molar refractivity (Wildman–Crippen MR) is 162 cm³/mol. The molecule has 11 heteroatoms. The van der Waals surface area contributed by atoms with Crippen LogP contribution in [0.15, 0.2) is 24.3 Å². The van der Waals surface area contributed by atoms with Crippen LogP contribution in [0.5, 0.6) is 17.2 Å². The van der Waals surface area contributed by atoms with Crippen molar-refractivity contribution in [2.75, 3.05) is 33.3 Å². The molecule has 230 valence electrons. The van der Waals surface area contributed by atoms with E-state index in [-0.39, 0.29) is 39.7 Å². The summed E-state index contributed by atoms with van der Waals surface area (Å²) in [6, 6.07) is 6.75. The van der Waals surface area contributed by atoms with Crippen LogP contribution >= 0.6 is 23.2 Å². The van der Waals surface area contributed by atoms with Crippen molar-refractivity contribution >= 4 is 35.1 Å². The lowest BCUT2D eigenvalue weighted by molar-refractivity contribution is -0.152. The Morgan fingerprint density at radius 3 is 2.36 bits per heavy atom. The zero-order valence-corrected chi connectivity index (χ0v) is 26.5. The highest BCUT2D eigenvalue weighted by molar-refractivity contribution is 6.32. The minimum absolute atomic E-state index is 0.0519. The van der Waals surface area contributed by atoms with E-state index in [9.17, 15) is 19.8 Å². The highest BCUT2D eigenvalue weighted by Gasteiger charge is 2.44. The number of nitrogens with zero attached hydrogens (tertiary/aromatic N) is 1. The van der Waals surface area contributed by atoms with Crippen LogP contribution in [-0.2, 0) is 16.6 Å². The van der Waals surface area contributed by atoms with E-state index in [1.165, 1.54) is 33.0 Å². The summed E-state index contributed by atoms with van der Waals surface area (Å²) >= 11 is 12.7. The van der Waals surface area contributed by atoms with Gasteiger partial charge in [0.2, 0.25) is 0 Å². The van der Waals surface area contributed by atoms with Gasteiger partial charge in [-0.3, -0.25) is 4.79 Å². The van der Waals surface area contributed by atoms with Crippen molar-refractivity contribution in [1.82, 2.24) is 10.2 Å². The van der Waals surface area contributed by atoms with Gasteiger partial charge in [-0.1, -0.05) is 44.0 Å². The molecule has 0 unspecified atom stereocenters. The molecular weight excluding hydrogens is 583 g/mol. The topological polar surface area (TPSA) is 118 Å². The minimum Gasteiger partial charge on any atom is -0.490 e. The van der Waals surface area contributed by atoms with Gasteiger partial charge in [-0.15, -0.1) is 0 Å². The third kappa shape index (κ3) is 7.08. The Labute approximate surface area is 257 Å². The van der Waals surface area contributed by atoms with Gasteiger partial charge in [0.05, 0.1) is 10.6 Å². The number of rotatable bonds is 9. The summed E-state index contributed by atoms with van der Waals surface area (Å²) < 4.78 is 18.1. The van der Waals surface area contributed by atoms with E-state index in [4.69, 9.17) is 37.4 Å². The number of piperidine rings is 1. The number of benzene rings is 2. The molecule has 9 nitrogen and oxygen atoms in total. The molecule has 2 aliphatic heterocycles. The zero-order valence-electron chi connectivity index (χ0n) is 25.0. The quantitative estimate of drug-likeness (QED) is 0.353. The first kappa shape index (κ1) is 32.2. The molecule has 3 N–H and O–H groups in total. The lowest BCUT2D eigenvalue weighted by atomic mass is 9.84. The largest absolute Gasteiger partial charge is 0.490 e. The van der Waals surface area contributed by atoms with Crippen LogP contribution in [0.4, 0.5) is 0 Å². The molecule has 2 aromatic carbocycles. The number of aliphatic hydroxyl groups is 1. The number of nitrogens with one attached hydrogen (secondary N) is 1. The number of likely N-dealkylation sites (tertiary alicyclic amines) is 1. The van der Waals surface area contributed by atoms with Gasteiger partial charge in [0, 0.05) is 62.6 Å². The van der Waals surface area contributed by atoms with Gasteiger partial charge in [0.25, 0.3) is 5.91 Å². The van der Waals surface area contributed by atoms with Crippen LogP contribution in [-0.4, -0.2) is 77.6 Å². The van der Waals surface area contributed by atoms with Crippen molar-refractivity contribution in [3.8, 4) is 17.2 Å². The molecule has 2 aromatic rings. The van der Waals surface area contributed by atoms with E-state index in [0.29, 0.717) is 6.54 Å². The fourth-order valence-corrected chi connectivity index (χ4v) is 5.82. The van der Waals surface area contributed by atoms with E-state index in [0.717, 1.165) is 54.3 Å². The van der Waals surface area contributed by atoms with Gasteiger partial charge in [-0.25, -0.2) is 4.79 Å². The van der Waals surface area contributed by atoms with Gasteiger partial charge in [0.15, 0.2) is 5.60 Å². The van der Waals surface area contributed by atoms with Crippen molar-refractivity contribution in [1.29, 1.82) is 0 Å². The summed E-state index contributed by atoms with van der Waals surface area (Å²) in [5.74, 6) is -0.493. The number of carbonyl (C=O) groups excluding carboxylic acids is 1. The van der Waals surface area contributed by atoms with Crippen LogP contribution in [0.1, 0.15) is 68.9 Å². The molecular formula is C31H40Cl2N2O7. The van der Waals surface area contributed by atoms with Crippen LogP contribution in [0.2, 0.25) is 10.0 Å². The fourth-order valence-electron chi connectivity index (χ4n) is 5.38. The molecule has 0 bridgehead atoms. The van der Waals surface area contributed by atoms with Gasteiger partial charge < -0.3 is 34.6 Å². The average molecular weight is 624 g/mol. The number of fused-ring (bicyclic) bond motifs is 1. The highest BCUT2D eigenvalue weighted by atomic mass is 35.5. The minimum atomic E-state index is -1.56. The van der Waals surface area contributed by atoms with Gasteiger partial charge in [-0.05, 0) is 43.0 Å². The van der Waals surface area contributed by atoms with Crippen LogP contribution in [0, 0.1) is 0 Å². The first-order valence-electron chi connectivity index (χ1n) is 14.1. The van der Waals surface area contributed by atoms with Gasteiger partial charge in [0.1, 0.15) is 35.6 Å². The molecule has 1 amide bonds. The Kier molecular flexibility index (Phi) is 9.28. The summed E-state index contributed by atoms with van der Waals surface area (Å²) in [6.45, 7) is 11.0. The fraction of sp³-hybridized carbons (Fsp3) is 0.548. The van der Waals surface area contributed by atoms with Gasteiger partial charge in [-0.2, -0.15) is 0 Å². The summed E-state index contributed by atoms with van der Waals surface area (Å²) in [5.41, 5.74) is 0.478. The molecule has 1 atom stereocenters. The maximum absolute atomic E-state index is 12.5. The van der Waals surface area contributed by atoms with E-state index in [1.54, 1.807) is 0 Å². The summed E-state index contributed by atoms with van der Waals surface area (Å²) in [7, 11) is 1.47. The Balaban J connectivity index is 1.38. The van der Waals surface area contributed by atoms with Crippen LogP contribution < -0.4 is 19.5 Å². The maximum atomic E-state index is 12.5. The van der Waals surface area contributed by atoms with Crippen LogP contribution in [0.25, 0.3) is 0 Å². The number of β-amino-alcohol motifs (C(OH)–C–C–N with tert-alkyl or cyclic N) is 1. The van der Waals surface area contributed by atoms with Crippen molar-refractivity contribution in [2.45, 2.75) is 76.6 Å². The number of carboxylic acid groups (broad SMARTS) is 1. The standard InChI is InChI=1S/C31H40Cl2N2O7/c1-29(2,3)22-12-19(32)11-18-15-31(42-26(18)22)7-9-35(10-8-31)16-20(36)17-40-24-14-25(41-30(4,5)28(38)39)23(33)13-21(24)27(37)34-6/h11-14,20,36H,7-10,15-17H2,1-6H3,(H,34,37)(H,38,39)/t20-/m1/s1. The molecule has 1 saturated heterocycles. The summed E-state index contributed by atoms with van der Waals surface area (Å²) in [6.07, 6.45) is 1.59. The monoisotopic (exact) mass is 622 g/mol. The Morgan fingerprint density at radius 2 is 1.76 bits per heavy atom. The third-order valence-electron chi connectivity index (χ3n) is 7.82. The Hall–Kier alpha value is -2.72. The molecule has 42 heavy (non-hydrogen) atoms. The molecule has 0 aromatic heterocycles. The van der Waals surface area contributed by atoms with E-state index >= 15 is 0 Å².